The fourth-order valence-electron chi connectivity index (χ4n) is 4.70. The summed E-state index contributed by atoms with van der Waals surface area (Å²) >= 11 is 0. The highest BCUT2D eigenvalue weighted by atomic mass is 16.5. The van der Waals surface area contributed by atoms with E-state index in [0.717, 1.165) is 16.7 Å². The molecule has 6 aromatic rings. The zero-order valence-corrected chi connectivity index (χ0v) is 17.6. The summed E-state index contributed by atoms with van der Waals surface area (Å²) in [5.74, 6) is 0.857. The van der Waals surface area contributed by atoms with E-state index in [1.54, 1.807) is 7.11 Å². The van der Waals surface area contributed by atoms with Gasteiger partial charge in [-0.2, -0.15) is 0 Å². The molecule has 3 nitrogen and oxygen atoms in total. The molecule has 0 saturated heterocycles. The van der Waals surface area contributed by atoms with Crippen LogP contribution in [0.25, 0.3) is 54.7 Å². The van der Waals surface area contributed by atoms with Gasteiger partial charge in [-0.1, -0.05) is 60.7 Å². The third-order valence-electron chi connectivity index (χ3n) is 6.12. The second-order valence-electron chi connectivity index (χ2n) is 7.82. The monoisotopic (exact) mass is 412 g/mol. The largest absolute Gasteiger partial charge is 0.497 e. The Bertz CT molecular complexity index is 1540. The first-order valence-corrected chi connectivity index (χ1v) is 10.6. The Balaban J connectivity index is 1.78. The quantitative estimate of drug-likeness (QED) is 0.287. The van der Waals surface area contributed by atoms with E-state index < -0.39 is 0 Å². The van der Waals surface area contributed by atoms with Crippen molar-refractivity contribution in [3.05, 3.63) is 104 Å². The second-order valence-corrected chi connectivity index (χ2v) is 7.82. The molecule has 0 bridgehead atoms. The Hall–Kier alpha value is -4.24. The number of rotatable bonds is 3. The van der Waals surface area contributed by atoms with Gasteiger partial charge in [-0.05, 0) is 68.1 Å². The third kappa shape index (κ3) is 2.83. The molecule has 0 saturated carbocycles. The zero-order valence-electron chi connectivity index (χ0n) is 17.6. The number of aromatic nitrogens is 2. The summed E-state index contributed by atoms with van der Waals surface area (Å²) in [4.78, 5) is 8.80. The highest BCUT2D eigenvalue weighted by Gasteiger charge is 2.17. The molecule has 6 rings (SSSR count). The predicted molar refractivity (Wildman–Crippen MR) is 132 cm³/mol. The van der Waals surface area contributed by atoms with Crippen molar-refractivity contribution in [1.29, 1.82) is 0 Å². The number of benzene rings is 4. The molecular weight excluding hydrogens is 392 g/mol. The van der Waals surface area contributed by atoms with Crippen molar-refractivity contribution >= 4 is 32.4 Å². The van der Waals surface area contributed by atoms with Gasteiger partial charge in [0.2, 0.25) is 0 Å². The Morgan fingerprint density at radius 3 is 1.84 bits per heavy atom. The summed E-state index contributed by atoms with van der Waals surface area (Å²) < 4.78 is 5.39. The zero-order chi connectivity index (χ0) is 21.5. The molecule has 0 aliphatic carbocycles. The maximum atomic E-state index is 5.39. The summed E-state index contributed by atoms with van der Waals surface area (Å²) in [6.07, 6.45) is 5.54. The maximum Gasteiger partial charge on any atom is 0.118 e. The van der Waals surface area contributed by atoms with E-state index in [1.807, 2.05) is 30.7 Å². The van der Waals surface area contributed by atoms with Crippen LogP contribution in [0.15, 0.2) is 104 Å². The van der Waals surface area contributed by atoms with Crippen molar-refractivity contribution in [1.82, 2.24) is 9.97 Å². The molecule has 3 heteroatoms. The molecule has 0 fully saturated rings. The van der Waals surface area contributed by atoms with Gasteiger partial charge in [0.1, 0.15) is 5.75 Å². The molecule has 2 aromatic heterocycles. The Kier molecular flexibility index (Phi) is 4.32. The van der Waals surface area contributed by atoms with Crippen LogP contribution in [-0.4, -0.2) is 17.1 Å². The number of hydrogen-bond acceptors (Lipinski definition) is 3. The number of nitrogens with zero attached hydrogens (tertiary/aromatic N) is 2. The van der Waals surface area contributed by atoms with Crippen LogP contribution in [0.5, 0.6) is 5.75 Å². The van der Waals surface area contributed by atoms with E-state index in [4.69, 9.17) is 4.74 Å². The number of pyridine rings is 2. The third-order valence-corrected chi connectivity index (χ3v) is 6.12. The minimum Gasteiger partial charge on any atom is -0.497 e. The number of ether oxygens (including phenoxy) is 1. The van der Waals surface area contributed by atoms with Gasteiger partial charge in [-0.3, -0.25) is 9.97 Å². The molecule has 0 amide bonds. The molecule has 0 N–H and O–H groups in total. The summed E-state index contributed by atoms with van der Waals surface area (Å²) in [5, 5.41) is 6.01. The molecule has 152 valence electrons. The molecule has 0 atom stereocenters. The van der Waals surface area contributed by atoms with Gasteiger partial charge >= 0.3 is 0 Å². The van der Waals surface area contributed by atoms with Gasteiger partial charge in [0, 0.05) is 17.8 Å². The van der Waals surface area contributed by atoms with Crippen LogP contribution in [0.3, 0.4) is 0 Å². The van der Waals surface area contributed by atoms with Gasteiger partial charge in [0.25, 0.3) is 0 Å². The highest BCUT2D eigenvalue weighted by Crippen LogP contribution is 2.44. The van der Waals surface area contributed by atoms with Crippen molar-refractivity contribution in [2.75, 3.05) is 7.11 Å². The number of hydrogen-bond donors (Lipinski definition) is 0. The van der Waals surface area contributed by atoms with Gasteiger partial charge in [-0.25, -0.2) is 0 Å². The van der Waals surface area contributed by atoms with Crippen molar-refractivity contribution in [3.8, 4) is 28.0 Å². The smallest absolute Gasteiger partial charge is 0.118 e. The van der Waals surface area contributed by atoms with Gasteiger partial charge < -0.3 is 4.74 Å². The highest BCUT2D eigenvalue weighted by molar-refractivity contribution is 6.23. The minimum atomic E-state index is 0.857. The lowest BCUT2D eigenvalue weighted by Gasteiger charge is -2.18. The van der Waals surface area contributed by atoms with Gasteiger partial charge in [-0.15, -0.1) is 0 Å². The molecule has 0 aliphatic heterocycles. The maximum absolute atomic E-state index is 5.39. The van der Waals surface area contributed by atoms with E-state index in [9.17, 15) is 0 Å². The predicted octanol–water partition coefficient (Wildman–Crippen LogP) is 7.28. The van der Waals surface area contributed by atoms with Crippen molar-refractivity contribution in [2.45, 2.75) is 0 Å². The Labute approximate surface area is 186 Å². The lowest BCUT2D eigenvalue weighted by atomic mass is 9.85. The van der Waals surface area contributed by atoms with E-state index in [2.05, 4.69) is 82.8 Å². The van der Waals surface area contributed by atoms with Crippen LogP contribution < -0.4 is 4.74 Å². The topological polar surface area (TPSA) is 35.0 Å². The lowest BCUT2D eigenvalue weighted by Crippen LogP contribution is -1.92. The van der Waals surface area contributed by atoms with Crippen molar-refractivity contribution < 1.29 is 4.74 Å². The fourth-order valence-corrected chi connectivity index (χ4v) is 4.70. The molecule has 0 radical (unpaired) electrons. The number of methoxy groups -OCH3 is 1. The molecular formula is C29H20N2O. The van der Waals surface area contributed by atoms with Crippen LogP contribution in [0.2, 0.25) is 0 Å². The van der Waals surface area contributed by atoms with Crippen LogP contribution in [0.4, 0.5) is 0 Å². The molecule has 0 spiro atoms. The Morgan fingerprint density at radius 1 is 0.594 bits per heavy atom. The van der Waals surface area contributed by atoms with Crippen LogP contribution in [-0.2, 0) is 0 Å². The van der Waals surface area contributed by atoms with Gasteiger partial charge in [0.05, 0.1) is 18.8 Å². The first-order chi connectivity index (χ1) is 15.8. The van der Waals surface area contributed by atoms with E-state index in [-0.39, 0.29) is 0 Å². The van der Waals surface area contributed by atoms with Crippen LogP contribution >= 0.6 is 0 Å². The summed E-state index contributed by atoms with van der Waals surface area (Å²) in [6.45, 7) is 0. The Morgan fingerprint density at radius 2 is 1.22 bits per heavy atom. The van der Waals surface area contributed by atoms with E-state index in [1.165, 1.54) is 43.8 Å². The minimum absolute atomic E-state index is 0.857. The van der Waals surface area contributed by atoms with Crippen molar-refractivity contribution in [3.63, 3.8) is 0 Å². The van der Waals surface area contributed by atoms with E-state index in [0.29, 0.717) is 0 Å². The average molecular weight is 412 g/mol. The van der Waals surface area contributed by atoms with Crippen LogP contribution in [0, 0.1) is 0 Å². The van der Waals surface area contributed by atoms with E-state index >= 15 is 0 Å². The van der Waals surface area contributed by atoms with Crippen LogP contribution in [0.1, 0.15) is 0 Å². The average Bonchev–Trinajstić information content (AvgIpc) is 2.87. The second kappa shape index (κ2) is 7.47. The summed E-state index contributed by atoms with van der Waals surface area (Å²) in [6, 6.07) is 29.8. The fraction of sp³-hybridized carbons (Fsp3) is 0.0345. The van der Waals surface area contributed by atoms with Crippen molar-refractivity contribution in [2.24, 2.45) is 0 Å². The number of fused-ring (bicyclic) bond motifs is 3. The first kappa shape index (κ1) is 18.5. The van der Waals surface area contributed by atoms with Gasteiger partial charge in [0.15, 0.2) is 0 Å². The summed E-state index contributed by atoms with van der Waals surface area (Å²) in [7, 11) is 1.70. The standard InChI is InChI=1S/C29H20N2O/c1-32-20-12-10-19(11-13-20)28-22-6-2-4-8-24(22)29(25-9-5-3-7-23(25)28)26-15-17-31-27-18-30-16-14-21(26)27/h2-18H,1H3. The first-order valence-electron chi connectivity index (χ1n) is 10.6. The molecule has 2 heterocycles. The lowest BCUT2D eigenvalue weighted by molar-refractivity contribution is 0.415. The molecule has 4 aromatic carbocycles. The molecule has 32 heavy (non-hydrogen) atoms. The SMILES string of the molecule is COc1ccc(-c2c3ccccc3c(-c3ccnc4cnccc34)c3ccccc23)cc1. The normalized spacial score (nSPS) is 11.3. The molecule has 0 aliphatic rings. The molecule has 0 unspecified atom stereocenters. The summed E-state index contributed by atoms with van der Waals surface area (Å²) in [5.41, 5.74) is 5.71.